The lowest BCUT2D eigenvalue weighted by atomic mass is 9.82. The van der Waals surface area contributed by atoms with E-state index >= 15 is 0 Å². The molecule has 0 radical (unpaired) electrons. The summed E-state index contributed by atoms with van der Waals surface area (Å²) in [5.41, 5.74) is 1.22. The Morgan fingerprint density at radius 1 is 1.28 bits per heavy atom. The first-order chi connectivity index (χ1) is 8.47. The molecule has 2 atom stereocenters. The van der Waals surface area contributed by atoms with Gasteiger partial charge in [0.05, 0.1) is 6.61 Å². The van der Waals surface area contributed by atoms with Gasteiger partial charge in [-0.3, -0.25) is 0 Å². The molecule has 1 N–H and O–H groups in total. The first-order valence-corrected chi connectivity index (χ1v) is 6.56. The quantitative estimate of drug-likeness (QED) is 0.890. The Labute approximate surface area is 109 Å². The van der Waals surface area contributed by atoms with Crippen LogP contribution in [0.2, 0.25) is 0 Å². The van der Waals surface area contributed by atoms with Gasteiger partial charge in [-0.15, -0.1) is 0 Å². The normalized spacial score (nSPS) is 22.1. The minimum Gasteiger partial charge on any atom is -0.380 e. The molecular formula is C15H22FNO. The molecular weight excluding hydrogens is 229 g/mol. The van der Waals surface area contributed by atoms with E-state index in [1.54, 1.807) is 0 Å². The third kappa shape index (κ3) is 3.30. The van der Waals surface area contributed by atoms with Crippen molar-refractivity contribution in [3.05, 3.63) is 35.6 Å². The van der Waals surface area contributed by atoms with Crippen LogP contribution in [-0.4, -0.2) is 19.3 Å². The molecule has 0 aliphatic carbocycles. The third-order valence-electron chi connectivity index (χ3n) is 3.40. The molecule has 2 unspecified atom stereocenters. The monoisotopic (exact) mass is 251 g/mol. The highest BCUT2D eigenvalue weighted by Gasteiger charge is 2.29. The highest BCUT2D eigenvalue weighted by Crippen LogP contribution is 2.33. The van der Waals surface area contributed by atoms with Crippen molar-refractivity contribution in [3.63, 3.8) is 0 Å². The highest BCUT2D eigenvalue weighted by molar-refractivity contribution is 5.22. The highest BCUT2D eigenvalue weighted by atomic mass is 19.1. The summed E-state index contributed by atoms with van der Waals surface area (Å²) in [4.78, 5) is 0. The van der Waals surface area contributed by atoms with Crippen molar-refractivity contribution in [2.24, 2.45) is 5.41 Å². The van der Waals surface area contributed by atoms with Crippen molar-refractivity contribution < 1.29 is 9.13 Å². The molecule has 1 aromatic carbocycles. The number of hydrogen-bond donors (Lipinski definition) is 1. The maximum Gasteiger partial charge on any atom is 0.123 e. The predicted octanol–water partition coefficient (Wildman–Crippen LogP) is 3.29. The second kappa shape index (κ2) is 5.37. The lowest BCUT2D eigenvalue weighted by Crippen LogP contribution is -2.39. The van der Waals surface area contributed by atoms with Gasteiger partial charge in [0.15, 0.2) is 0 Å². The van der Waals surface area contributed by atoms with Crippen LogP contribution in [0.3, 0.4) is 0 Å². The standard InChI is InChI=1S/C15H22FNO/c1-15(2,3)14(17-13-8-9-18-10-13)11-4-6-12(16)7-5-11/h4-7,13-14,17H,8-10H2,1-3H3. The maximum absolute atomic E-state index is 13.0. The molecule has 0 amide bonds. The van der Waals surface area contributed by atoms with Crippen molar-refractivity contribution in [1.29, 1.82) is 0 Å². The van der Waals surface area contributed by atoms with Crippen LogP contribution in [0.5, 0.6) is 0 Å². The minimum atomic E-state index is -0.185. The molecule has 0 spiro atoms. The Kier molecular flexibility index (Phi) is 4.03. The summed E-state index contributed by atoms with van der Waals surface area (Å²) in [5, 5.41) is 3.64. The topological polar surface area (TPSA) is 21.3 Å². The summed E-state index contributed by atoms with van der Waals surface area (Å²) in [6, 6.07) is 7.41. The molecule has 3 heteroatoms. The fourth-order valence-corrected chi connectivity index (χ4v) is 2.40. The van der Waals surface area contributed by atoms with Gasteiger partial charge in [0.2, 0.25) is 0 Å². The maximum atomic E-state index is 13.0. The molecule has 100 valence electrons. The average Bonchev–Trinajstić information content (AvgIpc) is 2.79. The van der Waals surface area contributed by atoms with E-state index in [1.165, 1.54) is 12.1 Å². The summed E-state index contributed by atoms with van der Waals surface area (Å²) in [6.07, 6.45) is 1.05. The van der Waals surface area contributed by atoms with Gasteiger partial charge in [0.1, 0.15) is 5.82 Å². The van der Waals surface area contributed by atoms with E-state index in [4.69, 9.17) is 4.74 Å². The fraction of sp³-hybridized carbons (Fsp3) is 0.600. The molecule has 1 aliphatic heterocycles. The summed E-state index contributed by atoms with van der Waals surface area (Å²) in [5.74, 6) is -0.185. The second-order valence-corrected chi connectivity index (χ2v) is 6.08. The molecule has 0 saturated carbocycles. The first-order valence-electron chi connectivity index (χ1n) is 6.56. The Balaban J connectivity index is 2.16. The van der Waals surface area contributed by atoms with E-state index < -0.39 is 0 Å². The Morgan fingerprint density at radius 3 is 2.44 bits per heavy atom. The van der Waals surface area contributed by atoms with Gasteiger partial charge >= 0.3 is 0 Å². The van der Waals surface area contributed by atoms with Crippen LogP contribution < -0.4 is 5.32 Å². The molecule has 2 rings (SSSR count). The molecule has 1 heterocycles. The van der Waals surface area contributed by atoms with Gasteiger partial charge in [0, 0.05) is 18.7 Å². The van der Waals surface area contributed by atoms with Gasteiger partial charge in [0.25, 0.3) is 0 Å². The zero-order chi connectivity index (χ0) is 13.2. The number of ether oxygens (including phenoxy) is 1. The Hall–Kier alpha value is -0.930. The molecule has 1 saturated heterocycles. The summed E-state index contributed by atoms with van der Waals surface area (Å²) in [6.45, 7) is 8.20. The number of hydrogen-bond acceptors (Lipinski definition) is 2. The number of halogens is 1. The number of rotatable bonds is 3. The zero-order valence-corrected chi connectivity index (χ0v) is 11.4. The van der Waals surface area contributed by atoms with Crippen LogP contribution in [0.1, 0.15) is 38.8 Å². The molecule has 1 aromatic rings. The van der Waals surface area contributed by atoms with Gasteiger partial charge in [-0.2, -0.15) is 0 Å². The fourth-order valence-electron chi connectivity index (χ4n) is 2.40. The van der Waals surface area contributed by atoms with Crippen LogP contribution in [0, 0.1) is 11.2 Å². The van der Waals surface area contributed by atoms with Crippen LogP contribution in [0.15, 0.2) is 24.3 Å². The summed E-state index contributed by atoms with van der Waals surface area (Å²) < 4.78 is 18.4. The average molecular weight is 251 g/mol. The molecule has 2 nitrogen and oxygen atoms in total. The van der Waals surface area contributed by atoms with Crippen LogP contribution in [0.4, 0.5) is 4.39 Å². The largest absolute Gasteiger partial charge is 0.380 e. The third-order valence-corrected chi connectivity index (χ3v) is 3.40. The molecule has 1 fully saturated rings. The van der Waals surface area contributed by atoms with E-state index in [0.717, 1.165) is 25.2 Å². The molecule has 0 bridgehead atoms. The Morgan fingerprint density at radius 2 is 1.94 bits per heavy atom. The van der Waals surface area contributed by atoms with Crippen LogP contribution in [0.25, 0.3) is 0 Å². The van der Waals surface area contributed by atoms with Crippen molar-refractivity contribution in [1.82, 2.24) is 5.32 Å². The van der Waals surface area contributed by atoms with Gasteiger partial charge in [-0.1, -0.05) is 32.9 Å². The number of benzene rings is 1. The van der Waals surface area contributed by atoms with Crippen LogP contribution in [-0.2, 0) is 4.74 Å². The summed E-state index contributed by atoms with van der Waals surface area (Å²) >= 11 is 0. The Bertz CT molecular complexity index is 376. The van der Waals surface area contributed by atoms with Gasteiger partial charge in [-0.05, 0) is 29.5 Å². The number of nitrogens with one attached hydrogen (secondary N) is 1. The first kappa shape index (κ1) is 13.5. The van der Waals surface area contributed by atoms with Crippen molar-refractivity contribution in [2.75, 3.05) is 13.2 Å². The SMILES string of the molecule is CC(C)(C)C(NC1CCOC1)c1ccc(F)cc1. The minimum absolute atomic E-state index is 0.0837. The van der Waals surface area contributed by atoms with E-state index in [1.807, 2.05) is 12.1 Å². The molecule has 0 aromatic heterocycles. The second-order valence-electron chi connectivity index (χ2n) is 6.08. The van der Waals surface area contributed by atoms with E-state index in [0.29, 0.717) is 6.04 Å². The van der Waals surface area contributed by atoms with E-state index in [2.05, 4.69) is 26.1 Å². The van der Waals surface area contributed by atoms with E-state index in [-0.39, 0.29) is 17.3 Å². The van der Waals surface area contributed by atoms with Crippen molar-refractivity contribution >= 4 is 0 Å². The summed E-state index contributed by atoms with van der Waals surface area (Å²) in [7, 11) is 0. The van der Waals surface area contributed by atoms with Gasteiger partial charge < -0.3 is 10.1 Å². The van der Waals surface area contributed by atoms with Crippen molar-refractivity contribution in [3.8, 4) is 0 Å². The molecule has 18 heavy (non-hydrogen) atoms. The smallest absolute Gasteiger partial charge is 0.123 e. The predicted molar refractivity (Wildman–Crippen MR) is 71.0 cm³/mol. The van der Waals surface area contributed by atoms with Crippen molar-refractivity contribution in [2.45, 2.75) is 39.3 Å². The van der Waals surface area contributed by atoms with Gasteiger partial charge in [-0.25, -0.2) is 4.39 Å². The lowest BCUT2D eigenvalue weighted by molar-refractivity contribution is 0.178. The van der Waals surface area contributed by atoms with E-state index in [9.17, 15) is 4.39 Å². The lowest BCUT2D eigenvalue weighted by Gasteiger charge is -2.34. The van der Waals surface area contributed by atoms with Crippen LogP contribution >= 0.6 is 0 Å². The molecule has 1 aliphatic rings. The zero-order valence-electron chi connectivity index (χ0n) is 11.4.